The number of pyridine rings is 1. The molecule has 1 aromatic carbocycles. The van der Waals surface area contributed by atoms with E-state index in [4.69, 9.17) is 14.2 Å². The minimum absolute atomic E-state index is 0.0244. The lowest BCUT2D eigenvalue weighted by molar-refractivity contribution is -0.123. The van der Waals surface area contributed by atoms with Crippen molar-refractivity contribution in [1.82, 2.24) is 15.6 Å². The highest BCUT2D eigenvalue weighted by Crippen LogP contribution is 2.34. The first-order valence-corrected chi connectivity index (χ1v) is 10.5. The lowest BCUT2D eigenvalue weighted by Crippen LogP contribution is -2.41. The fourth-order valence-corrected chi connectivity index (χ4v) is 3.33. The largest absolute Gasteiger partial charge is 0.454 e. The molecule has 3 N–H and O–H groups in total. The zero-order chi connectivity index (χ0) is 22.9. The quantitative estimate of drug-likeness (QED) is 0.394. The molecule has 168 valence electrons. The van der Waals surface area contributed by atoms with Crippen LogP contribution in [-0.4, -0.2) is 54.5 Å². The number of hydrogen-bond donors (Lipinski definition) is 3. The maximum atomic E-state index is 12.3. The third-order valence-electron chi connectivity index (χ3n) is 3.91. The van der Waals surface area contributed by atoms with Crippen LogP contribution in [0.4, 0.5) is 10.5 Å². The van der Waals surface area contributed by atoms with E-state index in [9.17, 15) is 19.2 Å². The first kappa shape index (κ1) is 22.9. The van der Waals surface area contributed by atoms with Crippen LogP contribution in [0, 0.1) is 0 Å². The number of carbonyl (C=O) groups excluding carboxylic acids is 4. The zero-order valence-electron chi connectivity index (χ0n) is 17.0. The molecule has 0 bridgehead atoms. The molecule has 1 aliphatic rings. The molecular weight excluding hydrogens is 440 g/mol. The summed E-state index contributed by atoms with van der Waals surface area (Å²) >= 11 is 1.04. The van der Waals surface area contributed by atoms with Crippen LogP contribution in [0.3, 0.4) is 0 Å². The van der Waals surface area contributed by atoms with Crippen molar-refractivity contribution in [2.24, 2.45) is 0 Å². The van der Waals surface area contributed by atoms with E-state index in [-0.39, 0.29) is 29.0 Å². The van der Waals surface area contributed by atoms with Gasteiger partial charge in [-0.05, 0) is 31.2 Å². The monoisotopic (exact) mass is 460 g/mol. The summed E-state index contributed by atoms with van der Waals surface area (Å²) in [5.74, 6) is -0.771. The van der Waals surface area contributed by atoms with Gasteiger partial charge in [-0.15, -0.1) is 0 Å². The predicted octanol–water partition coefficient (Wildman–Crippen LogP) is 1.54. The van der Waals surface area contributed by atoms with Crippen LogP contribution in [0.5, 0.6) is 11.5 Å². The fourth-order valence-electron chi connectivity index (χ4n) is 2.54. The lowest BCUT2D eigenvalue weighted by Gasteiger charge is -2.09. The number of ether oxygens (including phenoxy) is 3. The standard InChI is InChI=1S/C20H20N4O7S/c1-2-21-20(28)24-16(25)9-29-19(27)13-4-3-7-22-18(13)32-10-17(26)23-12-5-6-14-15(8-12)31-11-30-14/h3-8H,2,9-11H2,1H3,(H,23,26)(H2,21,24,25,28). The minimum atomic E-state index is -0.803. The van der Waals surface area contributed by atoms with Gasteiger partial charge in [0.15, 0.2) is 18.1 Å². The number of aromatic nitrogens is 1. The second kappa shape index (κ2) is 11.0. The van der Waals surface area contributed by atoms with E-state index in [1.165, 1.54) is 18.3 Å². The molecule has 4 amide bonds. The Bertz CT molecular complexity index is 1030. The molecule has 1 aliphatic heterocycles. The summed E-state index contributed by atoms with van der Waals surface area (Å²) < 4.78 is 15.4. The first-order valence-electron chi connectivity index (χ1n) is 9.48. The van der Waals surface area contributed by atoms with Crippen molar-refractivity contribution in [3.8, 4) is 11.5 Å². The number of nitrogens with one attached hydrogen (secondary N) is 3. The molecule has 0 radical (unpaired) electrons. The SMILES string of the molecule is CCNC(=O)NC(=O)COC(=O)c1cccnc1SCC(=O)Nc1ccc2c(c1)OCO2. The Hall–Kier alpha value is -3.80. The van der Waals surface area contributed by atoms with E-state index in [2.05, 4.69) is 15.6 Å². The molecule has 3 rings (SSSR count). The van der Waals surface area contributed by atoms with Gasteiger partial charge in [0.05, 0.1) is 11.3 Å². The number of rotatable bonds is 8. The van der Waals surface area contributed by atoms with Gasteiger partial charge >= 0.3 is 12.0 Å². The molecule has 32 heavy (non-hydrogen) atoms. The number of benzene rings is 1. The highest BCUT2D eigenvalue weighted by atomic mass is 32.2. The minimum Gasteiger partial charge on any atom is -0.454 e. The van der Waals surface area contributed by atoms with Gasteiger partial charge in [0.1, 0.15) is 5.03 Å². The Balaban J connectivity index is 1.52. The van der Waals surface area contributed by atoms with E-state index < -0.39 is 24.5 Å². The highest BCUT2D eigenvalue weighted by molar-refractivity contribution is 8.00. The highest BCUT2D eigenvalue weighted by Gasteiger charge is 2.18. The average Bonchev–Trinajstić information content (AvgIpc) is 3.24. The number of hydrogen-bond acceptors (Lipinski definition) is 9. The van der Waals surface area contributed by atoms with E-state index in [0.29, 0.717) is 23.7 Å². The summed E-state index contributed by atoms with van der Waals surface area (Å²) in [5.41, 5.74) is 0.637. The van der Waals surface area contributed by atoms with E-state index in [1.807, 2.05) is 5.32 Å². The summed E-state index contributed by atoms with van der Waals surface area (Å²) in [6.07, 6.45) is 1.47. The fraction of sp³-hybridized carbons (Fsp3) is 0.250. The molecule has 12 heteroatoms. The van der Waals surface area contributed by atoms with Gasteiger partial charge in [-0.1, -0.05) is 11.8 Å². The number of nitrogens with zero attached hydrogens (tertiary/aromatic N) is 1. The van der Waals surface area contributed by atoms with E-state index in [1.54, 1.807) is 25.1 Å². The summed E-state index contributed by atoms with van der Waals surface area (Å²) in [5, 5.41) is 7.41. The third kappa shape index (κ3) is 6.35. The second-order valence-corrected chi connectivity index (χ2v) is 7.21. The molecule has 0 aliphatic carbocycles. The van der Waals surface area contributed by atoms with Crippen molar-refractivity contribution in [2.45, 2.75) is 11.9 Å². The van der Waals surface area contributed by atoms with Gasteiger partial charge in [0, 0.05) is 24.5 Å². The van der Waals surface area contributed by atoms with Crippen LogP contribution < -0.4 is 25.4 Å². The van der Waals surface area contributed by atoms with Crippen molar-refractivity contribution in [1.29, 1.82) is 0 Å². The van der Waals surface area contributed by atoms with Crippen LogP contribution >= 0.6 is 11.8 Å². The lowest BCUT2D eigenvalue weighted by atomic mass is 10.3. The van der Waals surface area contributed by atoms with Crippen molar-refractivity contribution < 1.29 is 33.4 Å². The summed E-state index contributed by atoms with van der Waals surface area (Å²) in [6.45, 7) is 1.53. The molecular formula is C20H20N4O7S. The second-order valence-electron chi connectivity index (χ2n) is 6.24. The van der Waals surface area contributed by atoms with E-state index >= 15 is 0 Å². The average molecular weight is 460 g/mol. The maximum Gasteiger partial charge on any atom is 0.341 e. The number of urea groups is 1. The molecule has 0 fully saturated rings. The molecule has 0 saturated carbocycles. The van der Waals surface area contributed by atoms with Crippen molar-refractivity contribution >= 4 is 41.3 Å². The Morgan fingerprint density at radius 2 is 1.94 bits per heavy atom. The third-order valence-corrected chi connectivity index (χ3v) is 4.92. The smallest absolute Gasteiger partial charge is 0.341 e. The zero-order valence-corrected chi connectivity index (χ0v) is 17.8. The number of fused-ring (bicyclic) bond motifs is 1. The summed E-state index contributed by atoms with van der Waals surface area (Å²) in [6, 6.07) is 7.35. The Kier molecular flexibility index (Phi) is 7.86. The molecule has 0 atom stereocenters. The Morgan fingerprint density at radius 1 is 1.12 bits per heavy atom. The number of amides is 4. The van der Waals surface area contributed by atoms with Crippen LogP contribution in [-0.2, 0) is 14.3 Å². The molecule has 0 unspecified atom stereocenters. The van der Waals surface area contributed by atoms with Crippen molar-refractivity contribution in [3.05, 3.63) is 42.1 Å². The van der Waals surface area contributed by atoms with Crippen LogP contribution in [0.1, 0.15) is 17.3 Å². The normalized spacial score (nSPS) is 11.4. The maximum absolute atomic E-state index is 12.3. The van der Waals surface area contributed by atoms with Gasteiger partial charge in [-0.3, -0.25) is 14.9 Å². The van der Waals surface area contributed by atoms with Crippen LogP contribution in [0.2, 0.25) is 0 Å². The van der Waals surface area contributed by atoms with Crippen molar-refractivity contribution in [2.75, 3.05) is 31.0 Å². The molecule has 1 aromatic heterocycles. The molecule has 11 nitrogen and oxygen atoms in total. The van der Waals surface area contributed by atoms with Crippen molar-refractivity contribution in [3.63, 3.8) is 0 Å². The predicted molar refractivity (Wildman–Crippen MR) is 114 cm³/mol. The number of thioether (sulfide) groups is 1. The number of carbonyl (C=O) groups is 4. The number of esters is 1. The van der Waals surface area contributed by atoms with Gasteiger partial charge in [0.25, 0.3) is 5.91 Å². The molecule has 2 aromatic rings. The van der Waals surface area contributed by atoms with Gasteiger partial charge in [-0.2, -0.15) is 0 Å². The Morgan fingerprint density at radius 3 is 2.75 bits per heavy atom. The first-order chi connectivity index (χ1) is 15.5. The van der Waals surface area contributed by atoms with E-state index in [0.717, 1.165) is 11.8 Å². The number of anilines is 1. The van der Waals surface area contributed by atoms with Gasteiger partial charge < -0.3 is 24.8 Å². The van der Waals surface area contributed by atoms with Gasteiger partial charge in [-0.25, -0.2) is 14.6 Å². The molecule has 0 saturated heterocycles. The topological polar surface area (TPSA) is 145 Å². The van der Waals surface area contributed by atoms with Gasteiger partial charge in [0.2, 0.25) is 12.7 Å². The van der Waals surface area contributed by atoms with Crippen LogP contribution in [0.25, 0.3) is 0 Å². The molecule has 2 heterocycles. The van der Waals surface area contributed by atoms with Crippen LogP contribution in [0.15, 0.2) is 41.6 Å². The summed E-state index contributed by atoms with van der Waals surface area (Å²) in [4.78, 5) is 51.7. The Labute approximate surface area is 187 Å². The summed E-state index contributed by atoms with van der Waals surface area (Å²) in [7, 11) is 0. The molecule has 0 spiro atoms. The number of imide groups is 1.